The lowest BCUT2D eigenvalue weighted by Gasteiger charge is -2.33. The maximum Gasteiger partial charge on any atom is 0.508 e. The minimum absolute atomic E-state index is 0.0282. The first-order chi connectivity index (χ1) is 10.4. The minimum atomic E-state index is -0.715. The maximum atomic E-state index is 11.5. The van der Waals surface area contributed by atoms with E-state index in [2.05, 4.69) is 11.9 Å². The van der Waals surface area contributed by atoms with Gasteiger partial charge in [-0.05, 0) is 13.3 Å². The second-order valence-corrected chi connectivity index (χ2v) is 5.10. The van der Waals surface area contributed by atoms with Crippen LogP contribution >= 0.6 is 0 Å². The van der Waals surface area contributed by atoms with E-state index in [1.165, 1.54) is 6.92 Å². The van der Waals surface area contributed by atoms with Crippen LogP contribution in [0.25, 0.3) is 0 Å². The van der Waals surface area contributed by atoms with Crippen LogP contribution in [0.2, 0.25) is 0 Å². The third-order valence-electron chi connectivity index (χ3n) is 3.20. The van der Waals surface area contributed by atoms with Crippen molar-refractivity contribution in [2.24, 2.45) is 5.41 Å². The molecule has 22 heavy (non-hydrogen) atoms. The van der Waals surface area contributed by atoms with Gasteiger partial charge in [0.25, 0.3) is 0 Å². The van der Waals surface area contributed by atoms with Crippen molar-refractivity contribution in [3.63, 3.8) is 0 Å². The van der Waals surface area contributed by atoms with Crippen molar-refractivity contribution < 1.29 is 33.3 Å². The number of carbonyl (C=O) groups excluding carboxylic acids is 3. The highest BCUT2D eigenvalue weighted by molar-refractivity contribution is 5.86. The van der Waals surface area contributed by atoms with Crippen LogP contribution in [-0.4, -0.2) is 51.2 Å². The van der Waals surface area contributed by atoms with Gasteiger partial charge in [-0.25, -0.2) is 14.4 Å². The highest BCUT2D eigenvalue weighted by Gasteiger charge is 2.37. The van der Waals surface area contributed by atoms with Crippen LogP contribution in [0.15, 0.2) is 12.2 Å². The highest BCUT2D eigenvalue weighted by atomic mass is 16.7. The number of carbonyl (C=O) groups is 3. The Balaban J connectivity index is 2.23. The van der Waals surface area contributed by atoms with Crippen molar-refractivity contribution in [3.8, 4) is 0 Å². The standard InChI is InChI=1S/C14H21NO7/c1-4-14(8-21-13(18)22-9-14)7-20-12(17)15-5-6-19-11(16)10(2)3/h2,4-9H2,1,3H3,(H,15,17). The van der Waals surface area contributed by atoms with Gasteiger partial charge < -0.3 is 24.3 Å². The molecule has 0 spiro atoms. The normalized spacial score (nSPS) is 16.0. The Hall–Kier alpha value is -2.25. The molecule has 8 heteroatoms. The van der Waals surface area contributed by atoms with E-state index in [0.29, 0.717) is 12.0 Å². The van der Waals surface area contributed by atoms with Gasteiger partial charge in [-0.3, -0.25) is 0 Å². The first kappa shape index (κ1) is 17.8. The van der Waals surface area contributed by atoms with E-state index in [0.717, 1.165) is 0 Å². The summed E-state index contributed by atoms with van der Waals surface area (Å²) in [6.45, 7) is 7.37. The number of rotatable bonds is 7. The van der Waals surface area contributed by atoms with E-state index in [-0.39, 0.29) is 33.0 Å². The predicted molar refractivity (Wildman–Crippen MR) is 75.1 cm³/mol. The zero-order valence-electron chi connectivity index (χ0n) is 12.8. The summed E-state index contributed by atoms with van der Waals surface area (Å²) in [5.74, 6) is -0.513. The Kier molecular flexibility index (Phi) is 6.68. The zero-order chi connectivity index (χ0) is 16.6. The van der Waals surface area contributed by atoms with E-state index in [1.54, 1.807) is 0 Å². The van der Waals surface area contributed by atoms with Crippen molar-refractivity contribution in [3.05, 3.63) is 12.2 Å². The van der Waals surface area contributed by atoms with Gasteiger partial charge in [-0.15, -0.1) is 0 Å². The molecule has 1 fully saturated rings. The molecule has 0 aliphatic carbocycles. The molecular formula is C14H21NO7. The summed E-state index contributed by atoms with van der Waals surface area (Å²) in [7, 11) is 0. The molecule has 1 aliphatic rings. The Labute approximate surface area is 128 Å². The van der Waals surface area contributed by atoms with Crippen LogP contribution < -0.4 is 5.32 Å². The van der Waals surface area contributed by atoms with Crippen molar-refractivity contribution in [2.75, 3.05) is 33.0 Å². The number of hydrogen-bond donors (Lipinski definition) is 1. The van der Waals surface area contributed by atoms with Gasteiger partial charge >= 0.3 is 18.2 Å². The molecular weight excluding hydrogens is 294 g/mol. The fraction of sp³-hybridized carbons (Fsp3) is 0.643. The molecule has 0 saturated carbocycles. The predicted octanol–water partition coefficient (Wildman–Crippen LogP) is 1.40. The van der Waals surface area contributed by atoms with Gasteiger partial charge in [0, 0.05) is 5.57 Å². The van der Waals surface area contributed by atoms with Crippen LogP contribution in [0, 0.1) is 5.41 Å². The van der Waals surface area contributed by atoms with Gasteiger partial charge in [0.2, 0.25) is 0 Å². The quantitative estimate of drug-likeness (QED) is 0.328. The highest BCUT2D eigenvalue weighted by Crippen LogP contribution is 2.27. The van der Waals surface area contributed by atoms with Crippen molar-refractivity contribution in [1.82, 2.24) is 5.32 Å². The monoisotopic (exact) mass is 315 g/mol. The lowest BCUT2D eigenvalue weighted by atomic mass is 9.87. The molecule has 0 aromatic rings. The molecule has 0 atom stereocenters. The van der Waals surface area contributed by atoms with Gasteiger partial charge in [0.05, 0.1) is 12.0 Å². The fourth-order valence-corrected chi connectivity index (χ4v) is 1.59. The van der Waals surface area contributed by atoms with E-state index in [4.69, 9.17) is 18.9 Å². The Morgan fingerprint density at radius 2 is 1.95 bits per heavy atom. The number of esters is 1. The third-order valence-corrected chi connectivity index (χ3v) is 3.20. The average molecular weight is 315 g/mol. The number of hydrogen-bond acceptors (Lipinski definition) is 7. The summed E-state index contributed by atoms with van der Waals surface area (Å²) in [5, 5.41) is 2.45. The molecule has 0 radical (unpaired) electrons. The van der Waals surface area contributed by atoms with Gasteiger partial charge in [-0.2, -0.15) is 0 Å². The van der Waals surface area contributed by atoms with Crippen molar-refractivity contribution in [1.29, 1.82) is 0 Å². The Morgan fingerprint density at radius 1 is 1.32 bits per heavy atom. The van der Waals surface area contributed by atoms with Crippen LogP contribution in [0.4, 0.5) is 9.59 Å². The molecule has 1 N–H and O–H groups in total. The molecule has 124 valence electrons. The lowest BCUT2D eigenvalue weighted by Crippen LogP contribution is -2.44. The first-order valence-electron chi connectivity index (χ1n) is 6.91. The average Bonchev–Trinajstić information content (AvgIpc) is 2.51. The summed E-state index contributed by atoms with van der Waals surface area (Å²) >= 11 is 0. The second-order valence-electron chi connectivity index (χ2n) is 5.10. The Bertz CT molecular complexity index is 436. The molecule has 0 bridgehead atoms. The molecule has 1 saturated heterocycles. The topological polar surface area (TPSA) is 100 Å². The Morgan fingerprint density at radius 3 is 2.50 bits per heavy atom. The summed E-state index contributed by atoms with van der Waals surface area (Å²) in [4.78, 5) is 33.5. The minimum Gasteiger partial charge on any atom is -0.460 e. The van der Waals surface area contributed by atoms with Crippen LogP contribution in [0.1, 0.15) is 20.3 Å². The summed E-state index contributed by atoms with van der Waals surface area (Å²) in [6, 6.07) is 0. The van der Waals surface area contributed by atoms with Crippen LogP contribution in [0.5, 0.6) is 0 Å². The summed E-state index contributed by atoms with van der Waals surface area (Å²) in [5.41, 5.74) is -0.239. The molecule has 1 aliphatic heterocycles. The number of amides is 1. The molecule has 1 rings (SSSR count). The first-order valence-corrected chi connectivity index (χ1v) is 6.91. The van der Waals surface area contributed by atoms with Crippen LogP contribution in [0.3, 0.4) is 0 Å². The number of cyclic esters (lactones) is 2. The van der Waals surface area contributed by atoms with E-state index >= 15 is 0 Å². The van der Waals surface area contributed by atoms with E-state index < -0.39 is 23.6 Å². The lowest BCUT2D eigenvalue weighted by molar-refractivity contribution is -0.138. The van der Waals surface area contributed by atoms with Gasteiger partial charge in [0.1, 0.15) is 26.4 Å². The van der Waals surface area contributed by atoms with Crippen molar-refractivity contribution in [2.45, 2.75) is 20.3 Å². The molecule has 1 amide bonds. The fourth-order valence-electron chi connectivity index (χ4n) is 1.59. The number of nitrogens with one attached hydrogen (secondary N) is 1. The molecule has 1 heterocycles. The van der Waals surface area contributed by atoms with E-state index in [1.807, 2.05) is 6.92 Å². The van der Waals surface area contributed by atoms with Crippen molar-refractivity contribution >= 4 is 18.2 Å². The van der Waals surface area contributed by atoms with Gasteiger partial charge in [-0.1, -0.05) is 13.5 Å². The van der Waals surface area contributed by atoms with Gasteiger partial charge in [0.15, 0.2) is 0 Å². The molecule has 8 nitrogen and oxygen atoms in total. The largest absolute Gasteiger partial charge is 0.508 e. The number of ether oxygens (including phenoxy) is 4. The molecule has 0 unspecified atom stereocenters. The smallest absolute Gasteiger partial charge is 0.460 e. The third kappa shape index (κ3) is 5.63. The zero-order valence-corrected chi connectivity index (χ0v) is 12.8. The number of alkyl carbamates (subject to hydrolysis) is 1. The molecule has 0 aromatic carbocycles. The SMILES string of the molecule is C=C(C)C(=O)OCCNC(=O)OCC1(CC)COC(=O)OC1. The molecule has 0 aromatic heterocycles. The van der Waals surface area contributed by atoms with E-state index in [9.17, 15) is 14.4 Å². The van der Waals surface area contributed by atoms with Crippen LogP contribution in [-0.2, 0) is 23.7 Å². The summed E-state index contributed by atoms with van der Waals surface area (Å²) < 4.78 is 19.6. The second kappa shape index (κ2) is 8.26. The summed E-state index contributed by atoms with van der Waals surface area (Å²) in [6.07, 6.45) is -0.729. The maximum absolute atomic E-state index is 11.5.